The van der Waals surface area contributed by atoms with Gasteiger partial charge >= 0.3 is 19.8 Å². The Labute approximate surface area is 535 Å². The lowest BCUT2D eigenvalue weighted by molar-refractivity contribution is -0.161. The van der Waals surface area contributed by atoms with Gasteiger partial charge in [0.1, 0.15) is 6.61 Å². The van der Waals surface area contributed by atoms with Crippen LogP contribution < -0.4 is 5.73 Å². The van der Waals surface area contributed by atoms with Crippen LogP contribution in [0.25, 0.3) is 0 Å². The minimum Gasteiger partial charge on any atom is -0.462 e. The number of ether oxygens (including phenoxy) is 2. The molecule has 0 saturated carbocycles. The van der Waals surface area contributed by atoms with Crippen molar-refractivity contribution in [3.05, 3.63) is 36.5 Å². The molecule has 0 aromatic heterocycles. The maximum atomic E-state index is 12.8. The number of allylic oxidation sites excluding steroid dienone is 6. The SMILES string of the molecule is CCCCCCC/C=C\C/C=C\C/C=C\CCCCCCCCCCCCCCCCCCCCCCCCCCC(=O)OC(COC(=O)CCCCCCCCCCCCCCCCCCCCCCCCCCCC)COP(=O)(O)OCCN. The summed E-state index contributed by atoms with van der Waals surface area (Å²) in [6, 6.07) is 0. The molecule has 508 valence electrons. The minimum absolute atomic E-state index is 0.0570. The van der Waals surface area contributed by atoms with Gasteiger partial charge in [0, 0.05) is 19.4 Å². The van der Waals surface area contributed by atoms with Gasteiger partial charge in [-0.15, -0.1) is 0 Å². The number of esters is 2. The first-order chi connectivity index (χ1) is 42.3. The third-order valence-corrected chi connectivity index (χ3v) is 18.3. The molecule has 9 nitrogen and oxygen atoms in total. The molecule has 0 amide bonds. The molecule has 3 N–H and O–H groups in total. The Kier molecular flexibility index (Phi) is 70.8. The highest BCUT2D eigenvalue weighted by Gasteiger charge is 2.26. The van der Waals surface area contributed by atoms with Gasteiger partial charge in [-0.2, -0.15) is 0 Å². The zero-order chi connectivity index (χ0) is 62.3. The molecule has 0 bridgehead atoms. The van der Waals surface area contributed by atoms with Crippen LogP contribution in [-0.2, 0) is 32.7 Å². The Hall–Kier alpha value is -1.77. The summed E-state index contributed by atoms with van der Waals surface area (Å²) in [6.45, 7) is 3.82. The van der Waals surface area contributed by atoms with Crippen LogP contribution in [0.1, 0.15) is 406 Å². The second kappa shape index (κ2) is 72.3. The van der Waals surface area contributed by atoms with E-state index in [-0.39, 0.29) is 38.6 Å². The first-order valence-corrected chi connectivity index (χ1v) is 39.5. The van der Waals surface area contributed by atoms with E-state index in [9.17, 15) is 19.0 Å². The summed E-state index contributed by atoms with van der Waals surface area (Å²) in [5, 5.41) is 0. The highest BCUT2D eigenvalue weighted by molar-refractivity contribution is 7.47. The van der Waals surface area contributed by atoms with Gasteiger partial charge < -0.3 is 20.1 Å². The maximum Gasteiger partial charge on any atom is 0.472 e. The summed E-state index contributed by atoms with van der Waals surface area (Å²) in [4.78, 5) is 35.4. The van der Waals surface area contributed by atoms with E-state index in [0.29, 0.717) is 6.42 Å². The van der Waals surface area contributed by atoms with E-state index in [0.717, 1.165) is 44.9 Å². The fraction of sp³-hybridized carbons (Fsp3) is 0.895. The molecule has 2 atom stereocenters. The van der Waals surface area contributed by atoms with Crippen molar-refractivity contribution in [2.24, 2.45) is 5.73 Å². The second-order valence-electron chi connectivity index (χ2n) is 25.9. The maximum absolute atomic E-state index is 12.8. The van der Waals surface area contributed by atoms with Crippen molar-refractivity contribution >= 4 is 19.8 Å². The largest absolute Gasteiger partial charge is 0.472 e. The third-order valence-electron chi connectivity index (χ3n) is 17.3. The molecule has 0 aromatic carbocycles. The number of nitrogens with two attached hydrogens (primary N) is 1. The van der Waals surface area contributed by atoms with Gasteiger partial charge in [-0.1, -0.05) is 378 Å². The summed E-state index contributed by atoms with van der Waals surface area (Å²) < 4.78 is 33.2. The van der Waals surface area contributed by atoms with Crippen molar-refractivity contribution in [2.75, 3.05) is 26.4 Å². The molecular formula is C76H146NO8P. The zero-order valence-corrected chi connectivity index (χ0v) is 58.2. The monoisotopic (exact) mass is 1230 g/mol. The predicted octanol–water partition coefficient (Wildman–Crippen LogP) is 25.0. The van der Waals surface area contributed by atoms with Crippen molar-refractivity contribution < 1.29 is 37.6 Å². The number of hydrogen-bond acceptors (Lipinski definition) is 8. The molecule has 86 heavy (non-hydrogen) atoms. The quantitative estimate of drug-likeness (QED) is 0.0264. The number of phosphoric ester groups is 1. The lowest BCUT2D eigenvalue weighted by atomic mass is 10.0. The average molecular weight is 1230 g/mol. The van der Waals surface area contributed by atoms with Crippen molar-refractivity contribution in [1.82, 2.24) is 0 Å². The smallest absolute Gasteiger partial charge is 0.462 e. The fourth-order valence-corrected chi connectivity index (χ4v) is 12.4. The third kappa shape index (κ3) is 71.3. The van der Waals surface area contributed by atoms with E-state index in [1.165, 1.54) is 327 Å². The van der Waals surface area contributed by atoms with Gasteiger partial charge in [-0.25, -0.2) is 4.57 Å². The first kappa shape index (κ1) is 84.2. The van der Waals surface area contributed by atoms with Crippen LogP contribution in [0.5, 0.6) is 0 Å². The Bertz CT molecular complexity index is 1500. The number of phosphoric acid groups is 1. The molecule has 0 heterocycles. The second-order valence-corrected chi connectivity index (χ2v) is 27.3. The molecule has 0 fully saturated rings. The van der Waals surface area contributed by atoms with Crippen molar-refractivity contribution in [3.63, 3.8) is 0 Å². The van der Waals surface area contributed by atoms with E-state index in [1.807, 2.05) is 0 Å². The lowest BCUT2D eigenvalue weighted by Gasteiger charge is -2.19. The van der Waals surface area contributed by atoms with Gasteiger partial charge in [0.25, 0.3) is 0 Å². The van der Waals surface area contributed by atoms with Crippen molar-refractivity contribution in [1.29, 1.82) is 0 Å². The highest BCUT2D eigenvalue weighted by Crippen LogP contribution is 2.43. The standard InChI is InChI=1S/C76H146NO8P/c1-3-5-7-9-11-13-15-17-19-21-23-25-27-29-31-32-33-34-35-36-37-38-39-40-41-42-43-45-47-49-51-53-55-57-59-61-63-65-67-69-76(79)85-74(73-84-86(80,81)83-71-70-77)72-82-75(78)68-66-64-62-60-58-56-54-52-50-48-46-44-30-28-26-24-22-20-18-16-14-12-10-8-6-4-2/h15,17,21,23,27,29,74H,3-14,16,18-20,22,24-26,28,30-73,77H2,1-2H3,(H,80,81)/b17-15-,23-21-,29-27-. The van der Waals surface area contributed by atoms with Gasteiger partial charge in [0.05, 0.1) is 13.2 Å². The fourth-order valence-electron chi connectivity index (χ4n) is 11.7. The van der Waals surface area contributed by atoms with Crippen LogP contribution in [0.4, 0.5) is 0 Å². The average Bonchev–Trinajstić information content (AvgIpc) is 3.55. The summed E-state index contributed by atoms with van der Waals surface area (Å²) >= 11 is 0. The molecule has 0 saturated heterocycles. The van der Waals surface area contributed by atoms with Crippen molar-refractivity contribution in [3.8, 4) is 0 Å². The lowest BCUT2D eigenvalue weighted by Crippen LogP contribution is -2.29. The van der Waals surface area contributed by atoms with Crippen LogP contribution in [-0.4, -0.2) is 49.3 Å². The highest BCUT2D eigenvalue weighted by atomic mass is 31.2. The Morgan fingerprint density at radius 2 is 0.605 bits per heavy atom. The minimum atomic E-state index is -4.39. The molecule has 0 rings (SSSR count). The molecule has 0 aliphatic rings. The van der Waals surface area contributed by atoms with Crippen LogP contribution in [0.3, 0.4) is 0 Å². The summed E-state index contributed by atoms with van der Waals surface area (Å²) in [5.74, 6) is -0.800. The molecule has 0 aliphatic heterocycles. The Morgan fingerprint density at radius 3 is 0.895 bits per heavy atom. The van der Waals surface area contributed by atoms with Gasteiger partial charge in [0.2, 0.25) is 0 Å². The molecule has 0 radical (unpaired) electrons. The van der Waals surface area contributed by atoms with E-state index in [4.69, 9.17) is 24.3 Å². The first-order valence-electron chi connectivity index (χ1n) is 38.0. The zero-order valence-electron chi connectivity index (χ0n) is 57.3. The van der Waals surface area contributed by atoms with Gasteiger partial charge in [0.15, 0.2) is 6.10 Å². The van der Waals surface area contributed by atoms with E-state index in [2.05, 4.69) is 50.3 Å². The number of carbonyl (C=O) groups is 2. The molecule has 0 spiro atoms. The summed E-state index contributed by atoms with van der Waals surface area (Å²) in [7, 11) is -4.39. The van der Waals surface area contributed by atoms with Crippen molar-refractivity contribution in [2.45, 2.75) is 412 Å². The Morgan fingerprint density at radius 1 is 0.349 bits per heavy atom. The topological polar surface area (TPSA) is 134 Å². The van der Waals surface area contributed by atoms with Crippen LogP contribution in [0.2, 0.25) is 0 Å². The van der Waals surface area contributed by atoms with E-state index < -0.39 is 26.5 Å². The van der Waals surface area contributed by atoms with Crippen LogP contribution in [0.15, 0.2) is 36.5 Å². The molecular weight excluding hydrogens is 1090 g/mol. The predicted molar refractivity (Wildman–Crippen MR) is 372 cm³/mol. The molecule has 0 aromatic rings. The van der Waals surface area contributed by atoms with Gasteiger partial charge in [-0.05, 0) is 51.4 Å². The Balaban J connectivity index is 3.76. The molecule has 2 unspecified atom stereocenters. The van der Waals surface area contributed by atoms with Gasteiger partial charge in [-0.3, -0.25) is 18.6 Å². The number of hydrogen-bond donors (Lipinski definition) is 2. The van der Waals surface area contributed by atoms with Crippen LogP contribution >= 0.6 is 7.82 Å². The normalized spacial score (nSPS) is 13.0. The number of rotatable bonds is 73. The number of unbranched alkanes of at least 4 members (excludes halogenated alkanes) is 54. The van der Waals surface area contributed by atoms with Crippen LogP contribution in [0, 0.1) is 0 Å². The summed E-state index contributed by atoms with van der Waals surface area (Å²) in [5.41, 5.74) is 5.41. The summed E-state index contributed by atoms with van der Waals surface area (Å²) in [6.07, 6.45) is 91.3. The molecule has 0 aliphatic carbocycles. The van der Waals surface area contributed by atoms with E-state index >= 15 is 0 Å². The molecule has 10 heteroatoms. The number of carbonyl (C=O) groups excluding carboxylic acids is 2. The van der Waals surface area contributed by atoms with E-state index in [1.54, 1.807) is 0 Å².